The lowest BCUT2D eigenvalue weighted by Crippen LogP contribution is -2.31. The summed E-state index contributed by atoms with van der Waals surface area (Å²) in [5.74, 6) is -0.0965. The van der Waals surface area contributed by atoms with Crippen LogP contribution in [0.3, 0.4) is 0 Å². The zero-order chi connectivity index (χ0) is 17.2. The van der Waals surface area contributed by atoms with Crippen LogP contribution < -0.4 is 5.32 Å². The van der Waals surface area contributed by atoms with E-state index in [1.165, 1.54) is 11.8 Å². The molecule has 2 amide bonds. The number of H-pyrrole nitrogens is 1. The average molecular weight is 351 g/mol. The number of rotatable bonds is 4. The van der Waals surface area contributed by atoms with E-state index in [4.69, 9.17) is 0 Å². The summed E-state index contributed by atoms with van der Waals surface area (Å²) >= 11 is 1.24. The highest BCUT2D eigenvalue weighted by molar-refractivity contribution is 7.99. The van der Waals surface area contributed by atoms with Crippen LogP contribution in [0.25, 0.3) is 16.8 Å². The van der Waals surface area contributed by atoms with Crippen LogP contribution in [0.5, 0.6) is 0 Å². The number of imide groups is 1. The van der Waals surface area contributed by atoms with Gasteiger partial charge in [-0.05, 0) is 24.3 Å². The molecule has 0 aliphatic carbocycles. The van der Waals surface area contributed by atoms with Gasteiger partial charge in [0.15, 0.2) is 5.16 Å². The van der Waals surface area contributed by atoms with Crippen molar-refractivity contribution in [1.82, 2.24) is 24.9 Å². The molecule has 124 valence electrons. The third-order valence-electron chi connectivity index (χ3n) is 3.62. The summed E-state index contributed by atoms with van der Waals surface area (Å²) in [5, 5.41) is 10.0. The molecule has 0 aliphatic heterocycles. The molecule has 2 aromatic heterocycles. The summed E-state index contributed by atoms with van der Waals surface area (Å²) in [6, 6.07) is 16.3. The zero-order valence-corrected chi connectivity index (χ0v) is 13.8. The van der Waals surface area contributed by atoms with E-state index in [1.54, 1.807) is 24.3 Å². The van der Waals surface area contributed by atoms with E-state index in [2.05, 4.69) is 20.5 Å². The maximum atomic E-state index is 12.0. The van der Waals surface area contributed by atoms with Gasteiger partial charge in [-0.3, -0.25) is 19.3 Å². The molecule has 2 N–H and O–H groups in total. The van der Waals surface area contributed by atoms with Gasteiger partial charge in [0.1, 0.15) is 0 Å². The third-order valence-corrected chi connectivity index (χ3v) is 4.56. The Hall–Kier alpha value is -3.13. The Morgan fingerprint density at radius 3 is 2.68 bits per heavy atom. The van der Waals surface area contributed by atoms with Crippen LogP contribution in [0.1, 0.15) is 10.4 Å². The van der Waals surface area contributed by atoms with Gasteiger partial charge in [0, 0.05) is 5.56 Å². The Balaban J connectivity index is 1.47. The van der Waals surface area contributed by atoms with Crippen LogP contribution in [0.15, 0.2) is 59.8 Å². The van der Waals surface area contributed by atoms with Gasteiger partial charge in [0.2, 0.25) is 11.7 Å². The van der Waals surface area contributed by atoms with Gasteiger partial charge >= 0.3 is 0 Å². The Morgan fingerprint density at radius 2 is 1.84 bits per heavy atom. The number of aromatic amines is 1. The molecule has 0 spiro atoms. The Kier molecular flexibility index (Phi) is 3.95. The number of thioether (sulfide) groups is 1. The van der Waals surface area contributed by atoms with E-state index >= 15 is 0 Å². The first kappa shape index (κ1) is 15.4. The van der Waals surface area contributed by atoms with E-state index in [9.17, 15) is 9.59 Å². The summed E-state index contributed by atoms with van der Waals surface area (Å²) in [4.78, 5) is 28.5. The Morgan fingerprint density at radius 1 is 1.08 bits per heavy atom. The molecule has 0 fully saturated rings. The average Bonchev–Trinajstić information content (AvgIpc) is 3.20. The minimum atomic E-state index is -0.411. The molecule has 0 atom stereocenters. The predicted molar refractivity (Wildman–Crippen MR) is 94.5 cm³/mol. The van der Waals surface area contributed by atoms with Crippen molar-refractivity contribution in [2.24, 2.45) is 0 Å². The van der Waals surface area contributed by atoms with Crippen LogP contribution >= 0.6 is 11.8 Å². The molecule has 0 bridgehead atoms. The minimum Gasteiger partial charge on any atom is -0.292 e. The quantitative estimate of drug-likeness (QED) is 0.550. The number of amides is 2. The largest absolute Gasteiger partial charge is 0.292 e. The number of carbonyl (C=O) groups excluding carboxylic acids is 2. The van der Waals surface area contributed by atoms with Gasteiger partial charge < -0.3 is 0 Å². The van der Waals surface area contributed by atoms with E-state index in [0.29, 0.717) is 16.5 Å². The molecule has 0 unspecified atom stereocenters. The lowest BCUT2D eigenvalue weighted by atomic mass is 10.2. The van der Waals surface area contributed by atoms with Crippen LogP contribution in [0, 0.1) is 0 Å². The zero-order valence-electron chi connectivity index (χ0n) is 13.0. The number of hydrogen-bond donors (Lipinski definition) is 2. The van der Waals surface area contributed by atoms with E-state index in [1.807, 2.05) is 34.7 Å². The molecule has 0 aliphatic rings. The van der Waals surface area contributed by atoms with Crippen LogP contribution in [0.2, 0.25) is 0 Å². The van der Waals surface area contributed by atoms with Crippen molar-refractivity contribution in [3.8, 4) is 0 Å². The number of benzene rings is 2. The lowest BCUT2D eigenvalue weighted by Gasteiger charge is -2.03. The highest BCUT2D eigenvalue weighted by Crippen LogP contribution is 2.22. The number of nitrogens with zero attached hydrogens (tertiary/aromatic N) is 3. The van der Waals surface area contributed by atoms with Crippen molar-refractivity contribution in [1.29, 1.82) is 0 Å². The highest BCUT2D eigenvalue weighted by Gasteiger charge is 2.15. The first-order valence-electron chi connectivity index (χ1n) is 7.56. The SMILES string of the molecule is O=C(CSc1n[nH]c2nc3ccccc3n12)NC(=O)c1ccccc1. The molecule has 7 nitrogen and oxygen atoms in total. The van der Waals surface area contributed by atoms with Gasteiger partial charge in [-0.15, -0.1) is 5.10 Å². The van der Waals surface area contributed by atoms with E-state index in [0.717, 1.165) is 11.0 Å². The number of carbonyl (C=O) groups is 2. The number of fused-ring (bicyclic) bond motifs is 3. The van der Waals surface area contributed by atoms with Crippen molar-refractivity contribution in [3.05, 3.63) is 60.2 Å². The Labute approximate surface area is 146 Å². The summed E-state index contributed by atoms with van der Waals surface area (Å²) in [5.41, 5.74) is 2.21. The second kappa shape index (κ2) is 6.40. The lowest BCUT2D eigenvalue weighted by molar-refractivity contribution is -0.117. The standard InChI is InChI=1S/C17H13N5O2S/c23-14(19-15(24)11-6-2-1-3-7-11)10-25-17-21-20-16-18-12-8-4-5-9-13(12)22(16)17/h1-9H,10H2,(H,18,20)(H,19,23,24). The number of aromatic nitrogens is 4. The first-order chi connectivity index (χ1) is 12.2. The maximum Gasteiger partial charge on any atom is 0.257 e. The van der Waals surface area contributed by atoms with Crippen molar-refractivity contribution in [3.63, 3.8) is 0 Å². The van der Waals surface area contributed by atoms with E-state index in [-0.39, 0.29) is 11.7 Å². The fraction of sp³-hybridized carbons (Fsp3) is 0.0588. The van der Waals surface area contributed by atoms with Crippen molar-refractivity contribution < 1.29 is 9.59 Å². The highest BCUT2D eigenvalue weighted by atomic mass is 32.2. The second-order valence-electron chi connectivity index (χ2n) is 5.30. The molecule has 8 heteroatoms. The van der Waals surface area contributed by atoms with Crippen molar-refractivity contribution in [2.75, 3.05) is 5.75 Å². The van der Waals surface area contributed by atoms with E-state index < -0.39 is 5.91 Å². The summed E-state index contributed by atoms with van der Waals surface area (Å²) in [7, 11) is 0. The molecule has 25 heavy (non-hydrogen) atoms. The minimum absolute atomic E-state index is 0.0744. The number of imidazole rings is 1. The third kappa shape index (κ3) is 2.99. The number of nitrogens with one attached hydrogen (secondary N) is 2. The van der Waals surface area contributed by atoms with Crippen LogP contribution in [0.4, 0.5) is 0 Å². The second-order valence-corrected chi connectivity index (χ2v) is 6.24. The molecule has 4 rings (SSSR count). The van der Waals surface area contributed by atoms with Gasteiger partial charge in [-0.2, -0.15) is 0 Å². The molecular formula is C17H13N5O2S. The molecule has 0 radical (unpaired) electrons. The fourth-order valence-corrected chi connectivity index (χ4v) is 3.25. The molecular weight excluding hydrogens is 338 g/mol. The summed E-state index contributed by atoms with van der Waals surface area (Å²) in [6.07, 6.45) is 0. The molecule has 2 aromatic carbocycles. The maximum absolute atomic E-state index is 12.0. The van der Waals surface area contributed by atoms with Gasteiger partial charge in [0.05, 0.1) is 16.8 Å². The Bertz CT molecular complexity index is 1070. The molecule has 0 saturated carbocycles. The molecule has 2 heterocycles. The van der Waals surface area contributed by atoms with Crippen molar-refractivity contribution in [2.45, 2.75) is 5.16 Å². The monoisotopic (exact) mass is 351 g/mol. The number of para-hydroxylation sites is 2. The van der Waals surface area contributed by atoms with Crippen LogP contribution in [-0.4, -0.2) is 37.1 Å². The van der Waals surface area contributed by atoms with Gasteiger partial charge in [0.25, 0.3) is 5.91 Å². The van der Waals surface area contributed by atoms with Crippen molar-refractivity contribution >= 4 is 40.4 Å². The normalized spacial score (nSPS) is 11.0. The van der Waals surface area contributed by atoms with Crippen LogP contribution in [-0.2, 0) is 4.79 Å². The first-order valence-corrected chi connectivity index (χ1v) is 8.54. The fourth-order valence-electron chi connectivity index (χ4n) is 2.49. The summed E-state index contributed by atoms with van der Waals surface area (Å²) < 4.78 is 1.85. The number of hydrogen-bond acceptors (Lipinski definition) is 5. The molecule has 4 aromatic rings. The topological polar surface area (TPSA) is 92.2 Å². The van der Waals surface area contributed by atoms with Gasteiger partial charge in [-0.25, -0.2) is 10.1 Å². The molecule has 0 saturated heterocycles. The smallest absolute Gasteiger partial charge is 0.257 e. The van der Waals surface area contributed by atoms with Gasteiger partial charge in [-0.1, -0.05) is 42.1 Å². The summed E-state index contributed by atoms with van der Waals surface area (Å²) in [6.45, 7) is 0. The predicted octanol–water partition coefficient (Wildman–Crippen LogP) is 2.26.